The molecule has 6 heteroatoms. The van der Waals surface area contributed by atoms with Crippen LogP contribution in [0, 0.1) is 5.82 Å². The highest BCUT2D eigenvalue weighted by Crippen LogP contribution is 2.32. The minimum atomic E-state index is -3.68. The van der Waals surface area contributed by atoms with Crippen molar-refractivity contribution in [3.63, 3.8) is 0 Å². The standard InChI is InChI=1S/C17H19FN2O2S/c18-15-9-6-10-16(20-11-4-5-12-20)17(15)19-23(21,22)13-14-7-2-1-3-8-14/h1-3,6-10,19H,4-5,11-13H2. The number of sulfonamides is 1. The Balaban J connectivity index is 1.87. The molecule has 0 amide bonds. The molecule has 1 saturated heterocycles. The lowest BCUT2D eigenvalue weighted by molar-refractivity contribution is 0.597. The van der Waals surface area contributed by atoms with Gasteiger partial charge in [-0.2, -0.15) is 0 Å². The van der Waals surface area contributed by atoms with Gasteiger partial charge >= 0.3 is 0 Å². The van der Waals surface area contributed by atoms with Crippen molar-refractivity contribution in [1.82, 2.24) is 0 Å². The Labute approximate surface area is 136 Å². The predicted molar refractivity (Wildman–Crippen MR) is 90.5 cm³/mol. The van der Waals surface area contributed by atoms with Gasteiger partial charge in [0.05, 0.1) is 11.4 Å². The summed E-state index contributed by atoms with van der Waals surface area (Å²) in [6.45, 7) is 1.63. The second kappa shape index (κ2) is 6.58. The van der Waals surface area contributed by atoms with Crippen molar-refractivity contribution in [1.29, 1.82) is 0 Å². The number of hydrogen-bond donors (Lipinski definition) is 1. The number of hydrogen-bond acceptors (Lipinski definition) is 3. The molecule has 0 bridgehead atoms. The SMILES string of the molecule is O=S(=O)(Cc1ccccc1)Nc1c(F)cccc1N1CCCC1. The molecule has 1 N–H and O–H groups in total. The molecule has 1 heterocycles. The van der Waals surface area contributed by atoms with E-state index in [0.29, 0.717) is 11.3 Å². The van der Waals surface area contributed by atoms with Gasteiger partial charge < -0.3 is 4.90 Å². The Kier molecular flexibility index (Phi) is 4.52. The van der Waals surface area contributed by atoms with Crippen LogP contribution in [0.25, 0.3) is 0 Å². The van der Waals surface area contributed by atoms with Crippen molar-refractivity contribution in [2.24, 2.45) is 0 Å². The molecule has 0 aromatic heterocycles. The number of nitrogens with one attached hydrogen (secondary N) is 1. The highest BCUT2D eigenvalue weighted by molar-refractivity contribution is 7.91. The fraction of sp³-hybridized carbons (Fsp3) is 0.294. The van der Waals surface area contributed by atoms with E-state index in [9.17, 15) is 12.8 Å². The van der Waals surface area contributed by atoms with E-state index in [-0.39, 0.29) is 11.4 Å². The van der Waals surface area contributed by atoms with E-state index in [4.69, 9.17) is 0 Å². The molecule has 0 unspecified atom stereocenters. The van der Waals surface area contributed by atoms with Gasteiger partial charge in [0, 0.05) is 13.1 Å². The predicted octanol–water partition coefficient (Wildman–Crippen LogP) is 3.37. The van der Waals surface area contributed by atoms with Crippen LogP contribution in [-0.2, 0) is 15.8 Å². The highest BCUT2D eigenvalue weighted by Gasteiger charge is 2.22. The first-order valence-corrected chi connectivity index (χ1v) is 9.28. The fourth-order valence-electron chi connectivity index (χ4n) is 2.82. The summed E-state index contributed by atoms with van der Waals surface area (Å²) in [6.07, 6.45) is 2.07. The third-order valence-corrected chi connectivity index (χ3v) is 5.12. The van der Waals surface area contributed by atoms with Crippen LogP contribution in [0.3, 0.4) is 0 Å². The first kappa shape index (κ1) is 15.8. The van der Waals surface area contributed by atoms with Crippen molar-refractivity contribution >= 4 is 21.4 Å². The molecular weight excluding hydrogens is 315 g/mol. The van der Waals surface area contributed by atoms with E-state index in [1.54, 1.807) is 36.4 Å². The highest BCUT2D eigenvalue weighted by atomic mass is 32.2. The Morgan fingerprint density at radius 2 is 1.70 bits per heavy atom. The van der Waals surface area contributed by atoms with E-state index >= 15 is 0 Å². The van der Waals surface area contributed by atoms with Gasteiger partial charge in [0.1, 0.15) is 11.5 Å². The Morgan fingerprint density at radius 3 is 2.39 bits per heavy atom. The summed E-state index contributed by atoms with van der Waals surface area (Å²) in [6, 6.07) is 13.5. The number of benzene rings is 2. The Bertz CT molecular complexity index is 772. The zero-order valence-corrected chi connectivity index (χ0v) is 13.5. The van der Waals surface area contributed by atoms with Gasteiger partial charge in [-0.3, -0.25) is 4.72 Å². The molecule has 1 aliphatic rings. The summed E-state index contributed by atoms with van der Waals surface area (Å²) in [5.74, 6) is -0.729. The maximum atomic E-state index is 14.2. The zero-order valence-electron chi connectivity index (χ0n) is 12.7. The average molecular weight is 334 g/mol. The third-order valence-electron chi connectivity index (χ3n) is 3.90. The molecule has 4 nitrogen and oxygen atoms in total. The van der Waals surface area contributed by atoms with Crippen molar-refractivity contribution < 1.29 is 12.8 Å². The Morgan fingerprint density at radius 1 is 1.00 bits per heavy atom. The van der Waals surface area contributed by atoms with Crippen LogP contribution in [0.2, 0.25) is 0 Å². The summed E-state index contributed by atoms with van der Waals surface area (Å²) in [5.41, 5.74) is 1.32. The molecule has 0 aliphatic carbocycles. The lowest BCUT2D eigenvalue weighted by Gasteiger charge is -2.22. The minimum Gasteiger partial charge on any atom is -0.370 e. The van der Waals surface area contributed by atoms with Gasteiger partial charge in [0.15, 0.2) is 0 Å². The topological polar surface area (TPSA) is 49.4 Å². The first-order valence-electron chi connectivity index (χ1n) is 7.63. The van der Waals surface area contributed by atoms with Gasteiger partial charge in [0.2, 0.25) is 10.0 Å². The van der Waals surface area contributed by atoms with Crippen LogP contribution in [0.5, 0.6) is 0 Å². The van der Waals surface area contributed by atoms with E-state index < -0.39 is 15.8 Å². The minimum absolute atomic E-state index is 0.0466. The van der Waals surface area contributed by atoms with E-state index in [1.165, 1.54) is 6.07 Å². The van der Waals surface area contributed by atoms with E-state index in [2.05, 4.69) is 4.72 Å². The van der Waals surface area contributed by atoms with Gasteiger partial charge in [0.25, 0.3) is 0 Å². The number of halogens is 1. The maximum Gasteiger partial charge on any atom is 0.237 e. The lowest BCUT2D eigenvalue weighted by atomic mass is 10.2. The number of rotatable bonds is 5. The van der Waals surface area contributed by atoms with Crippen LogP contribution < -0.4 is 9.62 Å². The van der Waals surface area contributed by atoms with Crippen LogP contribution in [0.1, 0.15) is 18.4 Å². The Hall–Kier alpha value is -2.08. The monoisotopic (exact) mass is 334 g/mol. The number of nitrogens with zero attached hydrogens (tertiary/aromatic N) is 1. The van der Waals surface area contributed by atoms with Gasteiger partial charge in [-0.1, -0.05) is 36.4 Å². The molecular formula is C17H19FN2O2S. The van der Waals surface area contributed by atoms with Gasteiger partial charge in [-0.05, 0) is 30.5 Å². The second-order valence-corrected chi connectivity index (χ2v) is 7.40. The lowest BCUT2D eigenvalue weighted by Crippen LogP contribution is -2.22. The van der Waals surface area contributed by atoms with E-state index in [0.717, 1.165) is 25.9 Å². The number of anilines is 2. The van der Waals surface area contributed by atoms with Crippen molar-refractivity contribution in [2.45, 2.75) is 18.6 Å². The summed E-state index contributed by atoms with van der Waals surface area (Å²) in [5, 5.41) is 0. The van der Waals surface area contributed by atoms with Crippen LogP contribution in [0.15, 0.2) is 48.5 Å². The molecule has 0 spiro atoms. The average Bonchev–Trinajstić information content (AvgIpc) is 3.04. The smallest absolute Gasteiger partial charge is 0.237 e. The van der Waals surface area contributed by atoms with Gasteiger partial charge in [-0.15, -0.1) is 0 Å². The van der Waals surface area contributed by atoms with Gasteiger partial charge in [-0.25, -0.2) is 12.8 Å². The molecule has 122 valence electrons. The summed E-state index contributed by atoms with van der Waals surface area (Å²) in [4.78, 5) is 2.02. The molecule has 3 rings (SSSR count). The largest absolute Gasteiger partial charge is 0.370 e. The summed E-state index contributed by atoms with van der Waals surface area (Å²) >= 11 is 0. The number of para-hydroxylation sites is 1. The van der Waals surface area contributed by atoms with Crippen molar-refractivity contribution in [2.75, 3.05) is 22.7 Å². The molecule has 2 aromatic carbocycles. The summed E-state index contributed by atoms with van der Waals surface area (Å²) in [7, 11) is -3.68. The fourth-order valence-corrected chi connectivity index (χ4v) is 4.04. The zero-order chi connectivity index (χ0) is 16.3. The normalized spacial score (nSPS) is 14.9. The van der Waals surface area contributed by atoms with Crippen LogP contribution >= 0.6 is 0 Å². The maximum absolute atomic E-state index is 14.2. The molecule has 0 radical (unpaired) electrons. The quantitative estimate of drug-likeness (QED) is 0.912. The first-order chi connectivity index (χ1) is 11.1. The van der Waals surface area contributed by atoms with Crippen LogP contribution in [0.4, 0.5) is 15.8 Å². The molecule has 1 fully saturated rings. The summed E-state index contributed by atoms with van der Waals surface area (Å²) < 4.78 is 41.4. The molecule has 23 heavy (non-hydrogen) atoms. The van der Waals surface area contributed by atoms with Crippen LogP contribution in [-0.4, -0.2) is 21.5 Å². The van der Waals surface area contributed by atoms with E-state index in [1.807, 2.05) is 11.0 Å². The second-order valence-electron chi connectivity index (χ2n) is 5.67. The molecule has 0 saturated carbocycles. The van der Waals surface area contributed by atoms with Crippen molar-refractivity contribution in [3.8, 4) is 0 Å². The third kappa shape index (κ3) is 3.82. The van der Waals surface area contributed by atoms with Crippen molar-refractivity contribution in [3.05, 3.63) is 59.9 Å². The molecule has 1 aliphatic heterocycles. The molecule has 0 atom stereocenters. The molecule has 2 aromatic rings.